The second-order valence-corrected chi connectivity index (χ2v) is 7.80. The standard InChI is InChI=1S/C23H22BF2N3O7.3Cs/c1-13-3-6-16(27-13)23(18-7-4-14(2)29(18)24(25)26)15-5-8-17(19(9-15)36-12-22(34)35)28(10-20(30)31)11-21(32)33;;;/h3-9H,10-12H2,1-2H3,(H,30,31)(H,32,33)(H,34,35);;;/q;3*+1/p-3/b23-16-;;;. The Morgan fingerprint density at radius 2 is 1.56 bits per heavy atom. The third-order valence-electron chi connectivity index (χ3n) is 5.18. The van der Waals surface area contributed by atoms with Crippen LogP contribution in [0.15, 0.2) is 53.2 Å². The number of carboxylic acid groups (broad SMARTS) is 3. The van der Waals surface area contributed by atoms with Crippen LogP contribution in [0.2, 0.25) is 0 Å². The van der Waals surface area contributed by atoms with Gasteiger partial charge in [0.25, 0.3) is 0 Å². The summed E-state index contributed by atoms with van der Waals surface area (Å²) >= 11 is 0. The van der Waals surface area contributed by atoms with Gasteiger partial charge < -0.3 is 43.8 Å². The van der Waals surface area contributed by atoms with E-state index in [1.54, 1.807) is 19.1 Å². The number of allylic oxidation sites excluding steroid dienone is 2. The van der Waals surface area contributed by atoms with Crippen molar-refractivity contribution in [1.82, 2.24) is 4.48 Å². The Bertz CT molecular complexity index is 1300. The molecule has 0 aliphatic carbocycles. The zero-order chi connectivity index (χ0) is 26.6. The molecule has 10 nitrogen and oxygen atoms in total. The minimum atomic E-state index is -2.88. The molecule has 0 spiro atoms. The maximum Gasteiger partial charge on any atom is 1.00 e. The van der Waals surface area contributed by atoms with Crippen molar-refractivity contribution in [2.24, 2.45) is 4.99 Å². The van der Waals surface area contributed by atoms with Gasteiger partial charge in [-0.15, -0.1) is 0 Å². The van der Waals surface area contributed by atoms with Crippen molar-refractivity contribution in [2.75, 3.05) is 24.6 Å². The fraction of sp³-hybridized carbons (Fsp3) is 0.217. The summed E-state index contributed by atoms with van der Waals surface area (Å²) in [6, 6.07) is 6.98. The first kappa shape index (κ1) is 40.7. The van der Waals surface area contributed by atoms with E-state index in [4.69, 9.17) is 4.74 Å². The molecule has 0 saturated heterocycles. The van der Waals surface area contributed by atoms with Gasteiger partial charge in [0.05, 0.1) is 42.4 Å². The third kappa shape index (κ3) is 11.6. The summed E-state index contributed by atoms with van der Waals surface area (Å²) in [5.41, 5.74) is 1.78. The van der Waals surface area contributed by atoms with Crippen LogP contribution < -0.4 is 232 Å². The third-order valence-corrected chi connectivity index (χ3v) is 5.18. The number of carboxylic acids is 3. The van der Waals surface area contributed by atoms with Crippen LogP contribution >= 0.6 is 0 Å². The number of nitrogens with zero attached hydrogens (tertiary/aromatic N) is 3. The average molecular weight is 897 g/mol. The van der Waals surface area contributed by atoms with Crippen molar-refractivity contribution in [3.8, 4) is 5.75 Å². The van der Waals surface area contributed by atoms with E-state index in [1.165, 1.54) is 37.3 Å². The quantitative estimate of drug-likeness (QED) is 0.202. The number of aliphatic imine (C=N–C) groups is 1. The van der Waals surface area contributed by atoms with Crippen LogP contribution in [-0.4, -0.2) is 55.2 Å². The molecule has 39 heavy (non-hydrogen) atoms. The van der Waals surface area contributed by atoms with Crippen LogP contribution in [-0.2, 0) is 14.4 Å². The molecule has 0 unspecified atom stereocenters. The predicted octanol–water partition coefficient (Wildman–Crippen LogP) is -10.2. The largest absolute Gasteiger partial charge is 1.00 e. The van der Waals surface area contributed by atoms with Gasteiger partial charge in [0.2, 0.25) is 0 Å². The first-order chi connectivity index (χ1) is 17.0. The number of hydrogen-bond donors (Lipinski definition) is 0. The topological polar surface area (TPSA) is 150 Å². The minimum absolute atomic E-state index is 0. The minimum Gasteiger partial charge on any atom is -0.548 e. The first-order valence-corrected chi connectivity index (χ1v) is 10.5. The number of rotatable bonds is 11. The van der Waals surface area contributed by atoms with Crippen LogP contribution in [0.25, 0.3) is 5.57 Å². The van der Waals surface area contributed by atoms with E-state index in [0.717, 1.165) is 9.38 Å². The molecule has 0 atom stereocenters. The molecule has 2 aromatic rings. The number of aryl methyl sites for hydroxylation is 1. The van der Waals surface area contributed by atoms with Gasteiger partial charge in [-0.1, -0.05) is 6.07 Å². The van der Waals surface area contributed by atoms with E-state index in [9.17, 15) is 38.3 Å². The summed E-state index contributed by atoms with van der Waals surface area (Å²) in [7, 11) is -2.88. The summed E-state index contributed by atoms with van der Waals surface area (Å²) in [5, 5.41) is 33.4. The van der Waals surface area contributed by atoms with Crippen molar-refractivity contribution < 1.29 is 250 Å². The molecule has 1 aromatic carbocycles. The summed E-state index contributed by atoms with van der Waals surface area (Å²) < 4.78 is 33.9. The number of benzene rings is 1. The number of anilines is 1. The second-order valence-electron chi connectivity index (χ2n) is 7.80. The van der Waals surface area contributed by atoms with Crippen LogP contribution in [0.3, 0.4) is 0 Å². The number of aromatic nitrogens is 1. The molecule has 0 amide bonds. The smallest absolute Gasteiger partial charge is 0.548 e. The van der Waals surface area contributed by atoms with Gasteiger partial charge in [0.1, 0.15) is 12.4 Å². The zero-order valence-corrected chi connectivity index (χ0v) is 41.0. The molecule has 0 bridgehead atoms. The molecular weight excluding hydrogens is 878 g/mol. The molecule has 2 heterocycles. The fourth-order valence-electron chi connectivity index (χ4n) is 3.76. The van der Waals surface area contributed by atoms with E-state index >= 15 is 0 Å². The van der Waals surface area contributed by atoms with Crippen molar-refractivity contribution >= 4 is 42.3 Å². The Morgan fingerprint density at radius 3 is 2.05 bits per heavy atom. The Balaban J connectivity index is 0.00000481. The Labute approximate surface area is 400 Å². The number of aliphatic carboxylic acids is 3. The molecule has 0 radical (unpaired) electrons. The molecule has 0 N–H and O–H groups in total. The summed E-state index contributed by atoms with van der Waals surface area (Å²) in [6.45, 7) is 0.529. The summed E-state index contributed by atoms with van der Waals surface area (Å²) in [5.74, 6) is -5.05. The van der Waals surface area contributed by atoms with E-state index < -0.39 is 45.0 Å². The van der Waals surface area contributed by atoms with Crippen LogP contribution in [0, 0.1) is 6.92 Å². The molecule has 188 valence electrons. The Kier molecular flexibility index (Phi) is 20.1. The molecule has 1 aliphatic heterocycles. The second kappa shape index (κ2) is 19.2. The van der Waals surface area contributed by atoms with Gasteiger partial charge in [0.15, 0.2) is 0 Å². The van der Waals surface area contributed by atoms with Crippen molar-refractivity contribution in [3.05, 3.63) is 65.1 Å². The van der Waals surface area contributed by atoms with Gasteiger partial charge in [-0.3, -0.25) is 13.6 Å². The van der Waals surface area contributed by atoms with Crippen molar-refractivity contribution in [2.45, 2.75) is 13.8 Å². The molecule has 16 heteroatoms. The van der Waals surface area contributed by atoms with Gasteiger partial charge in [0, 0.05) is 22.7 Å². The van der Waals surface area contributed by atoms with E-state index in [1.807, 2.05) is 0 Å². The molecule has 1 aromatic heterocycles. The Hall–Kier alpha value is 1.74. The van der Waals surface area contributed by atoms with Gasteiger partial charge in [-0.2, -0.15) is 0 Å². The maximum absolute atomic E-state index is 13.9. The zero-order valence-electron chi connectivity index (χ0n) is 22.2. The SMILES string of the molecule is CC1=N/C(=C(/c2ccc(N(CC(=O)[O-])CC(=O)[O-])c(OCC(=O)[O-])c2)c2ccc(C)n2B(F)F)C=C1.[Cs+].[Cs+].[Cs+]. The molecule has 1 aliphatic rings. The van der Waals surface area contributed by atoms with Gasteiger partial charge in [-0.05, 0) is 55.8 Å². The van der Waals surface area contributed by atoms with Crippen molar-refractivity contribution in [3.63, 3.8) is 0 Å². The van der Waals surface area contributed by atoms with Gasteiger partial charge >= 0.3 is 214 Å². The van der Waals surface area contributed by atoms with Crippen LogP contribution in [0.1, 0.15) is 23.9 Å². The van der Waals surface area contributed by atoms with E-state index in [0.29, 0.717) is 11.4 Å². The van der Waals surface area contributed by atoms with Crippen LogP contribution in [0.4, 0.5) is 14.3 Å². The maximum atomic E-state index is 13.9. The van der Waals surface area contributed by atoms with Crippen LogP contribution in [0.5, 0.6) is 5.75 Å². The van der Waals surface area contributed by atoms with E-state index in [2.05, 4.69) is 4.99 Å². The summed E-state index contributed by atoms with van der Waals surface area (Å²) in [6.07, 6.45) is 3.30. The number of hydrogen-bond acceptors (Lipinski definition) is 9. The molecular formula is C23H19BCs3F2N3O7. The molecule has 0 saturated carbocycles. The van der Waals surface area contributed by atoms with Gasteiger partial charge in [-0.25, -0.2) is 0 Å². The number of carbonyl (C=O) groups excluding carboxylic acids is 3. The predicted molar refractivity (Wildman–Crippen MR) is 120 cm³/mol. The average Bonchev–Trinajstić information content (AvgIpc) is 3.37. The Morgan fingerprint density at radius 1 is 0.949 bits per heavy atom. The fourth-order valence-corrected chi connectivity index (χ4v) is 3.76. The number of halogens is 2. The molecule has 3 rings (SSSR count). The first-order valence-electron chi connectivity index (χ1n) is 10.5. The number of ether oxygens (including phenoxy) is 1. The number of carbonyl (C=O) groups is 3. The molecule has 0 fully saturated rings. The van der Waals surface area contributed by atoms with E-state index in [-0.39, 0.29) is 241 Å². The monoisotopic (exact) mass is 897 g/mol. The summed E-state index contributed by atoms with van der Waals surface area (Å²) in [4.78, 5) is 38.7. The van der Waals surface area contributed by atoms with Crippen molar-refractivity contribution in [1.29, 1.82) is 0 Å². The normalized spacial score (nSPS) is 12.8.